The number of rotatable bonds is 7. The zero-order chi connectivity index (χ0) is 20.9. The highest BCUT2D eigenvalue weighted by Gasteiger charge is 2.12. The summed E-state index contributed by atoms with van der Waals surface area (Å²) in [5.74, 6) is 0.173. The van der Waals surface area contributed by atoms with E-state index in [1.165, 1.54) is 18.1 Å². The van der Waals surface area contributed by atoms with E-state index in [0.717, 1.165) is 33.0 Å². The number of aromatic nitrogens is 4. The predicted octanol–water partition coefficient (Wildman–Crippen LogP) is 3.67. The number of benzene rings is 2. The fourth-order valence-corrected chi connectivity index (χ4v) is 3.79. The number of carbonyl (C=O) groups excluding carboxylic acids is 1. The molecule has 4 aromatic rings. The molecule has 2 aromatic heterocycles. The van der Waals surface area contributed by atoms with Crippen molar-refractivity contribution in [1.82, 2.24) is 19.7 Å². The van der Waals surface area contributed by atoms with Gasteiger partial charge in [0, 0.05) is 25.5 Å². The molecule has 30 heavy (non-hydrogen) atoms. The van der Waals surface area contributed by atoms with Crippen molar-refractivity contribution >= 4 is 40.1 Å². The zero-order valence-corrected chi connectivity index (χ0v) is 17.6. The van der Waals surface area contributed by atoms with Gasteiger partial charge < -0.3 is 10.2 Å². The minimum atomic E-state index is -0.0824. The van der Waals surface area contributed by atoms with Crippen molar-refractivity contribution in [2.75, 3.05) is 30.1 Å². The summed E-state index contributed by atoms with van der Waals surface area (Å²) in [5, 5.41) is 8.98. The first-order valence-electron chi connectivity index (χ1n) is 9.50. The number of hydrogen-bond acceptors (Lipinski definition) is 6. The van der Waals surface area contributed by atoms with Gasteiger partial charge in [-0.05, 0) is 29.8 Å². The number of nitrogens with zero attached hydrogens (tertiary/aromatic N) is 5. The number of nitrogens with one attached hydrogen (secondary N) is 1. The van der Waals surface area contributed by atoms with E-state index in [2.05, 4.69) is 32.5 Å². The van der Waals surface area contributed by atoms with Gasteiger partial charge in [0.2, 0.25) is 5.91 Å². The molecule has 0 bridgehead atoms. The summed E-state index contributed by atoms with van der Waals surface area (Å²) in [5.41, 5.74) is 3.76. The summed E-state index contributed by atoms with van der Waals surface area (Å²) >= 11 is 1.38. The third kappa shape index (κ3) is 4.60. The second-order valence-electron chi connectivity index (χ2n) is 6.98. The summed E-state index contributed by atoms with van der Waals surface area (Å²) in [6, 6.07) is 17.8. The van der Waals surface area contributed by atoms with Gasteiger partial charge in [0.05, 0.1) is 23.9 Å². The molecule has 0 spiro atoms. The van der Waals surface area contributed by atoms with Crippen LogP contribution >= 0.6 is 11.8 Å². The molecule has 0 aliphatic rings. The number of fused-ring (bicyclic) bond motifs is 1. The molecule has 0 unspecified atom stereocenters. The van der Waals surface area contributed by atoms with E-state index in [9.17, 15) is 4.79 Å². The van der Waals surface area contributed by atoms with E-state index in [1.54, 1.807) is 6.20 Å². The second-order valence-corrected chi connectivity index (χ2v) is 7.95. The predicted molar refractivity (Wildman–Crippen MR) is 121 cm³/mol. The first-order chi connectivity index (χ1) is 14.6. The number of thioether (sulfide) groups is 1. The van der Waals surface area contributed by atoms with Crippen LogP contribution in [0.25, 0.3) is 11.0 Å². The molecule has 0 radical (unpaired) electrons. The third-order valence-electron chi connectivity index (χ3n) is 4.58. The lowest BCUT2D eigenvalue weighted by Gasteiger charge is -2.13. The van der Waals surface area contributed by atoms with Crippen LogP contribution in [0.1, 0.15) is 5.56 Å². The molecule has 0 fully saturated rings. The molecule has 0 saturated heterocycles. The monoisotopic (exact) mass is 418 g/mol. The molecule has 0 aliphatic carbocycles. The molecule has 0 saturated carbocycles. The van der Waals surface area contributed by atoms with Gasteiger partial charge >= 0.3 is 0 Å². The molecule has 4 rings (SSSR count). The van der Waals surface area contributed by atoms with Gasteiger partial charge in [-0.1, -0.05) is 42.1 Å². The maximum Gasteiger partial charge on any atom is 0.234 e. The summed E-state index contributed by atoms with van der Waals surface area (Å²) in [4.78, 5) is 23.1. The molecule has 1 amide bonds. The molecule has 2 heterocycles. The van der Waals surface area contributed by atoms with Crippen molar-refractivity contribution in [3.63, 3.8) is 0 Å². The van der Waals surface area contributed by atoms with E-state index in [4.69, 9.17) is 0 Å². The summed E-state index contributed by atoms with van der Waals surface area (Å²) in [6.45, 7) is 0.634. The Balaban J connectivity index is 1.42. The van der Waals surface area contributed by atoms with Gasteiger partial charge in [-0.15, -0.1) is 0 Å². The Kier molecular flexibility index (Phi) is 5.94. The van der Waals surface area contributed by atoms with Crippen LogP contribution in [0, 0.1) is 0 Å². The van der Waals surface area contributed by atoms with Crippen molar-refractivity contribution in [3.8, 4) is 0 Å². The Morgan fingerprint density at radius 1 is 1.07 bits per heavy atom. The Bertz CT molecular complexity index is 1140. The van der Waals surface area contributed by atoms with Crippen molar-refractivity contribution in [2.24, 2.45) is 0 Å². The Labute approximate surface area is 179 Å². The standard InChI is InChI=1S/C22H22N6OS/c1-27(2)18-10-8-17(9-11-18)26-20(29)14-30-22-19-12-25-28(21(19)23-15-24-22)13-16-6-4-3-5-7-16/h3-12,15H,13-14H2,1-2H3,(H,26,29). The van der Waals surface area contributed by atoms with Gasteiger partial charge in [-0.3, -0.25) is 4.79 Å². The quantitative estimate of drug-likeness (QED) is 0.365. The highest BCUT2D eigenvalue weighted by Crippen LogP contribution is 2.25. The van der Waals surface area contributed by atoms with E-state index in [1.807, 2.05) is 66.1 Å². The third-order valence-corrected chi connectivity index (χ3v) is 5.58. The van der Waals surface area contributed by atoms with E-state index in [0.29, 0.717) is 6.54 Å². The number of amides is 1. The van der Waals surface area contributed by atoms with E-state index in [-0.39, 0.29) is 11.7 Å². The minimum absolute atomic E-state index is 0.0824. The molecular formula is C22H22N6OS. The average molecular weight is 419 g/mol. The van der Waals surface area contributed by atoms with Gasteiger partial charge in [0.15, 0.2) is 5.65 Å². The topological polar surface area (TPSA) is 75.9 Å². The van der Waals surface area contributed by atoms with Gasteiger partial charge in [0.1, 0.15) is 11.4 Å². The normalized spacial score (nSPS) is 10.9. The van der Waals surface area contributed by atoms with E-state index < -0.39 is 0 Å². The van der Waals surface area contributed by atoms with Gasteiger partial charge in [-0.2, -0.15) is 5.10 Å². The summed E-state index contributed by atoms with van der Waals surface area (Å²) in [7, 11) is 3.96. The first-order valence-corrected chi connectivity index (χ1v) is 10.5. The molecule has 8 heteroatoms. The fourth-order valence-electron chi connectivity index (χ4n) is 3.03. The van der Waals surface area contributed by atoms with Crippen LogP contribution in [0.2, 0.25) is 0 Å². The van der Waals surface area contributed by atoms with E-state index >= 15 is 0 Å². The SMILES string of the molecule is CN(C)c1ccc(NC(=O)CSc2ncnc3c2cnn3Cc2ccccc2)cc1. The molecule has 2 aromatic carbocycles. The van der Waals surface area contributed by atoms with Gasteiger partial charge in [0.25, 0.3) is 0 Å². The van der Waals surface area contributed by atoms with Crippen molar-refractivity contribution in [2.45, 2.75) is 11.6 Å². The van der Waals surface area contributed by atoms with Crippen LogP contribution in [0.5, 0.6) is 0 Å². The van der Waals surface area contributed by atoms with Crippen molar-refractivity contribution < 1.29 is 4.79 Å². The van der Waals surface area contributed by atoms with Gasteiger partial charge in [-0.25, -0.2) is 14.6 Å². The fraction of sp³-hybridized carbons (Fsp3) is 0.182. The minimum Gasteiger partial charge on any atom is -0.378 e. The summed E-state index contributed by atoms with van der Waals surface area (Å²) < 4.78 is 1.85. The molecule has 0 aliphatic heterocycles. The number of carbonyl (C=O) groups is 1. The lowest BCUT2D eigenvalue weighted by atomic mass is 10.2. The molecule has 7 nitrogen and oxygen atoms in total. The maximum absolute atomic E-state index is 12.4. The Morgan fingerprint density at radius 3 is 2.57 bits per heavy atom. The van der Waals surface area contributed by atoms with Crippen LogP contribution in [-0.2, 0) is 11.3 Å². The highest BCUT2D eigenvalue weighted by molar-refractivity contribution is 8.00. The van der Waals surface area contributed by atoms with Crippen LogP contribution in [0.4, 0.5) is 11.4 Å². The average Bonchev–Trinajstić information content (AvgIpc) is 3.17. The summed E-state index contributed by atoms with van der Waals surface area (Å²) in [6.07, 6.45) is 3.28. The van der Waals surface area contributed by atoms with Crippen LogP contribution < -0.4 is 10.2 Å². The van der Waals surface area contributed by atoms with Crippen LogP contribution in [-0.4, -0.2) is 45.5 Å². The molecular weight excluding hydrogens is 396 g/mol. The largest absolute Gasteiger partial charge is 0.378 e. The zero-order valence-electron chi connectivity index (χ0n) is 16.8. The number of hydrogen-bond donors (Lipinski definition) is 1. The smallest absolute Gasteiger partial charge is 0.234 e. The maximum atomic E-state index is 12.4. The lowest BCUT2D eigenvalue weighted by molar-refractivity contribution is -0.113. The van der Waals surface area contributed by atoms with Crippen molar-refractivity contribution in [3.05, 3.63) is 72.7 Å². The first kappa shape index (κ1) is 19.9. The number of anilines is 2. The van der Waals surface area contributed by atoms with Crippen LogP contribution in [0.15, 0.2) is 72.1 Å². The molecule has 152 valence electrons. The second kappa shape index (κ2) is 8.96. The molecule has 0 atom stereocenters. The highest BCUT2D eigenvalue weighted by atomic mass is 32.2. The van der Waals surface area contributed by atoms with Crippen molar-refractivity contribution in [1.29, 1.82) is 0 Å². The molecule has 1 N–H and O–H groups in total. The Morgan fingerprint density at radius 2 is 1.83 bits per heavy atom. The Hall–Kier alpha value is -3.39. The lowest BCUT2D eigenvalue weighted by Crippen LogP contribution is -2.14. The van der Waals surface area contributed by atoms with Crippen LogP contribution in [0.3, 0.4) is 0 Å².